The maximum atomic E-state index is 13.1. The molecular weight excluding hydrogens is 267 g/mol. The molecule has 106 valence electrons. The van der Waals surface area contributed by atoms with E-state index < -0.39 is 15.8 Å². The maximum Gasteiger partial charge on any atom is 0.240 e. The molecule has 4 nitrogen and oxygen atoms in total. The Hall–Kier alpha value is -0.980. The Labute approximate surface area is 113 Å². The second-order valence-corrected chi connectivity index (χ2v) is 6.74. The minimum Gasteiger partial charge on any atom is -0.316 e. The van der Waals surface area contributed by atoms with Gasteiger partial charge in [-0.05, 0) is 62.5 Å². The highest BCUT2D eigenvalue weighted by Crippen LogP contribution is 2.15. The molecule has 1 aliphatic heterocycles. The van der Waals surface area contributed by atoms with Gasteiger partial charge in [-0.1, -0.05) is 0 Å². The molecule has 0 aliphatic carbocycles. The minimum atomic E-state index is -3.54. The van der Waals surface area contributed by atoms with Gasteiger partial charge in [0.05, 0.1) is 4.90 Å². The van der Waals surface area contributed by atoms with Crippen molar-refractivity contribution in [2.75, 3.05) is 19.6 Å². The number of rotatable bonds is 4. The van der Waals surface area contributed by atoms with Crippen molar-refractivity contribution in [3.8, 4) is 0 Å². The number of sulfonamides is 1. The van der Waals surface area contributed by atoms with Gasteiger partial charge in [0, 0.05) is 6.54 Å². The lowest BCUT2D eigenvalue weighted by Crippen LogP contribution is -2.38. The molecule has 0 radical (unpaired) electrons. The van der Waals surface area contributed by atoms with Gasteiger partial charge in [0.1, 0.15) is 5.82 Å². The van der Waals surface area contributed by atoms with Crippen molar-refractivity contribution in [1.82, 2.24) is 10.0 Å². The predicted molar refractivity (Wildman–Crippen MR) is 71.9 cm³/mol. The Morgan fingerprint density at radius 2 is 2.26 bits per heavy atom. The number of benzene rings is 1. The standard InChI is InChI=1S/C13H19FN2O2S/c1-10-7-12(4-5-13(10)14)19(17,18)16-9-11-3-2-6-15-8-11/h4-5,7,11,15-16H,2-3,6,8-9H2,1H3. The van der Waals surface area contributed by atoms with Gasteiger partial charge in [-0.2, -0.15) is 0 Å². The molecule has 0 aromatic heterocycles. The summed E-state index contributed by atoms with van der Waals surface area (Å²) in [6, 6.07) is 3.84. The van der Waals surface area contributed by atoms with Crippen LogP contribution in [-0.4, -0.2) is 28.1 Å². The molecule has 1 atom stereocenters. The van der Waals surface area contributed by atoms with Crippen LogP contribution in [0.5, 0.6) is 0 Å². The van der Waals surface area contributed by atoms with E-state index in [9.17, 15) is 12.8 Å². The van der Waals surface area contributed by atoms with E-state index in [0.717, 1.165) is 25.9 Å². The van der Waals surface area contributed by atoms with E-state index in [1.807, 2.05) is 0 Å². The van der Waals surface area contributed by atoms with Crippen molar-refractivity contribution in [1.29, 1.82) is 0 Å². The lowest BCUT2D eigenvalue weighted by Gasteiger charge is -2.22. The molecule has 1 fully saturated rings. The van der Waals surface area contributed by atoms with Gasteiger partial charge in [-0.25, -0.2) is 17.5 Å². The molecule has 6 heteroatoms. The van der Waals surface area contributed by atoms with E-state index in [1.54, 1.807) is 6.92 Å². The number of piperidine rings is 1. The summed E-state index contributed by atoms with van der Waals surface area (Å²) in [5.41, 5.74) is 0.335. The minimum absolute atomic E-state index is 0.121. The Morgan fingerprint density at radius 1 is 1.47 bits per heavy atom. The van der Waals surface area contributed by atoms with Crippen molar-refractivity contribution in [3.63, 3.8) is 0 Å². The van der Waals surface area contributed by atoms with E-state index in [-0.39, 0.29) is 4.90 Å². The van der Waals surface area contributed by atoms with Gasteiger partial charge in [-0.15, -0.1) is 0 Å². The molecule has 1 heterocycles. The lowest BCUT2D eigenvalue weighted by molar-refractivity contribution is 0.376. The van der Waals surface area contributed by atoms with E-state index >= 15 is 0 Å². The Kier molecular flexibility index (Phi) is 4.54. The average Bonchev–Trinajstić information content (AvgIpc) is 2.41. The third kappa shape index (κ3) is 3.75. The van der Waals surface area contributed by atoms with Crippen LogP contribution in [0.25, 0.3) is 0 Å². The number of hydrogen-bond acceptors (Lipinski definition) is 3. The van der Waals surface area contributed by atoms with Gasteiger partial charge >= 0.3 is 0 Å². The normalized spacial score (nSPS) is 20.4. The SMILES string of the molecule is Cc1cc(S(=O)(=O)NCC2CCCNC2)ccc1F. The Balaban J connectivity index is 2.02. The fraction of sp³-hybridized carbons (Fsp3) is 0.538. The van der Waals surface area contributed by atoms with Crippen LogP contribution in [0.1, 0.15) is 18.4 Å². The first-order valence-corrected chi connectivity index (χ1v) is 7.94. The highest BCUT2D eigenvalue weighted by atomic mass is 32.2. The molecule has 0 saturated carbocycles. The fourth-order valence-electron chi connectivity index (χ4n) is 2.19. The summed E-state index contributed by atoms with van der Waals surface area (Å²) >= 11 is 0. The van der Waals surface area contributed by atoms with E-state index in [2.05, 4.69) is 10.0 Å². The second kappa shape index (κ2) is 5.98. The summed E-state index contributed by atoms with van der Waals surface area (Å²) in [5, 5.41) is 3.24. The Morgan fingerprint density at radius 3 is 2.89 bits per heavy atom. The molecular formula is C13H19FN2O2S. The molecule has 0 bridgehead atoms. The van der Waals surface area contributed by atoms with Crippen LogP contribution >= 0.6 is 0 Å². The maximum absolute atomic E-state index is 13.1. The van der Waals surface area contributed by atoms with Crippen LogP contribution in [0.4, 0.5) is 4.39 Å². The summed E-state index contributed by atoms with van der Waals surface area (Å²) < 4.78 is 39.9. The molecule has 0 amide bonds. The molecule has 2 N–H and O–H groups in total. The highest BCUT2D eigenvalue weighted by Gasteiger charge is 2.19. The smallest absolute Gasteiger partial charge is 0.240 e. The zero-order chi connectivity index (χ0) is 13.9. The van der Waals surface area contributed by atoms with Gasteiger partial charge in [0.2, 0.25) is 10.0 Å². The molecule has 1 unspecified atom stereocenters. The molecule has 1 aromatic rings. The molecule has 1 saturated heterocycles. The summed E-state index contributed by atoms with van der Waals surface area (Å²) in [6.07, 6.45) is 2.10. The summed E-state index contributed by atoms with van der Waals surface area (Å²) in [6.45, 7) is 3.82. The third-order valence-corrected chi connectivity index (χ3v) is 4.82. The van der Waals surface area contributed by atoms with Crippen molar-refractivity contribution < 1.29 is 12.8 Å². The van der Waals surface area contributed by atoms with Crippen molar-refractivity contribution in [2.45, 2.75) is 24.7 Å². The molecule has 1 aromatic carbocycles. The average molecular weight is 286 g/mol. The molecule has 2 rings (SSSR count). The summed E-state index contributed by atoms with van der Waals surface area (Å²) in [5.74, 6) is -0.0690. The topological polar surface area (TPSA) is 58.2 Å². The monoisotopic (exact) mass is 286 g/mol. The molecule has 1 aliphatic rings. The van der Waals surface area contributed by atoms with Crippen molar-refractivity contribution in [2.24, 2.45) is 5.92 Å². The first kappa shape index (κ1) is 14.4. The quantitative estimate of drug-likeness (QED) is 0.880. The van der Waals surface area contributed by atoms with E-state index in [4.69, 9.17) is 0 Å². The Bertz CT molecular complexity index is 540. The zero-order valence-electron chi connectivity index (χ0n) is 10.9. The first-order valence-electron chi connectivity index (χ1n) is 6.45. The zero-order valence-corrected chi connectivity index (χ0v) is 11.8. The molecule has 0 spiro atoms. The van der Waals surface area contributed by atoms with E-state index in [1.165, 1.54) is 18.2 Å². The van der Waals surface area contributed by atoms with Crippen molar-refractivity contribution >= 4 is 10.0 Å². The number of nitrogens with one attached hydrogen (secondary N) is 2. The summed E-state index contributed by atoms with van der Waals surface area (Å²) in [7, 11) is -3.54. The fourth-order valence-corrected chi connectivity index (χ4v) is 3.39. The van der Waals surface area contributed by atoms with Gasteiger partial charge in [-0.3, -0.25) is 0 Å². The van der Waals surface area contributed by atoms with Gasteiger partial charge in [0.15, 0.2) is 0 Å². The largest absolute Gasteiger partial charge is 0.316 e. The third-order valence-electron chi connectivity index (χ3n) is 3.40. The van der Waals surface area contributed by atoms with E-state index in [0.29, 0.717) is 18.0 Å². The lowest BCUT2D eigenvalue weighted by atomic mass is 10.0. The number of aryl methyl sites for hydroxylation is 1. The number of halogens is 1. The summed E-state index contributed by atoms with van der Waals surface area (Å²) in [4.78, 5) is 0.121. The van der Waals surface area contributed by atoms with Crippen molar-refractivity contribution in [3.05, 3.63) is 29.6 Å². The van der Waals surface area contributed by atoms with Crippen LogP contribution < -0.4 is 10.0 Å². The number of hydrogen-bond donors (Lipinski definition) is 2. The molecule has 19 heavy (non-hydrogen) atoms. The van der Waals surface area contributed by atoms with Crippen LogP contribution in [0.3, 0.4) is 0 Å². The van der Waals surface area contributed by atoms with Crippen LogP contribution in [0.2, 0.25) is 0 Å². The highest BCUT2D eigenvalue weighted by molar-refractivity contribution is 7.89. The van der Waals surface area contributed by atoms with Crippen LogP contribution in [0.15, 0.2) is 23.1 Å². The first-order chi connectivity index (χ1) is 8.99. The van der Waals surface area contributed by atoms with Gasteiger partial charge < -0.3 is 5.32 Å². The second-order valence-electron chi connectivity index (χ2n) is 4.98. The van der Waals surface area contributed by atoms with Crippen LogP contribution in [-0.2, 0) is 10.0 Å². The predicted octanol–water partition coefficient (Wildman–Crippen LogP) is 1.41. The van der Waals surface area contributed by atoms with Crippen LogP contribution in [0, 0.1) is 18.7 Å². The van der Waals surface area contributed by atoms with Gasteiger partial charge in [0.25, 0.3) is 0 Å².